The number of hydrogen-bond donors (Lipinski definition) is 1. The molecule has 0 aromatic heterocycles. The predicted octanol–water partition coefficient (Wildman–Crippen LogP) is 4.14. The molecule has 0 fully saturated rings. The van der Waals surface area contributed by atoms with Gasteiger partial charge < -0.3 is 15.2 Å². The third-order valence-corrected chi connectivity index (χ3v) is 3.47. The molecule has 0 aliphatic heterocycles. The molecule has 1 atom stereocenters. The maximum atomic E-state index is 8.92. The second-order valence-electron chi connectivity index (χ2n) is 4.55. The Morgan fingerprint density at radius 3 is 2.48 bits per heavy atom. The summed E-state index contributed by atoms with van der Waals surface area (Å²) in [5, 5.41) is 8.92. The fourth-order valence-corrected chi connectivity index (χ4v) is 2.29. The van der Waals surface area contributed by atoms with E-state index in [0.29, 0.717) is 22.8 Å². The van der Waals surface area contributed by atoms with Crippen molar-refractivity contribution in [3.63, 3.8) is 0 Å². The van der Waals surface area contributed by atoms with Crippen LogP contribution in [-0.2, 0) is 0 Å². The van der Waals surface area contributed by atoms with Gasteiger partial charge in [0, 0.05) is 22.1 Å². The summed E-state index contributed by atoms with van der Waals surface area (Å²) in [6, 6.07) is 12.6. The molecule has 2 aromatic carbocycles. The van der Waals surface area contributed by atoms with Crippen LogP contribution in [0, 0.1) is 11.3 Å². The monoisotopic (exact) mass is 346 g/mol. The van der Waals surface area contributed by atoms with Gasteiger partial charge in [0.05, 0.1) is 18.7 Å². The van der Waals surface area contributed by atoms with Crippen molar-refractivity contribution in [2.24, 2.45) is 5.73 Å². The molecular formula is C16H15BrN2O2. The summed E-state index contributed by atoms with van der Waals surface area (Å²) in [6.45, 7) is 1.89. The molecular weight excluding hydrogens is 332 g/mol. The molecule has 2 N–H and O–H groups in total. The summed E-state index contributed by atoms with van der Waals surface area (Å²) in [5.74, 6) is 1.71. The minimum Gasteiger partial charge on any atom is -0.493 e. The number of halogens is 1. The first-order chi connectivity index (χ1) is 10.0. The fraction of sp³-hybridized carbons (Fsp3) is 0.188. The molecule has 0 heterocycles. The lowest BCUT2D eigenvalue weighted by atomic mass is 10.1. The van der Waals surface area contributed by atoms with Gasteiger partial charge in [0.2, 0.25) is 0 Å². The van der Waals surface area contributed by atoms with E-state index in [2.05, 4.69) is 22.0 Å². The predicted molar refractivity (Wildman–Crippen MR) is 84.5 cm³/mol. The molecule has 21 heavy (non-hydrogen) atoms. The Morgan fingerprint density at radius 2 is 1.86 bits per heavy atom. The summed E-state index contributed by atoms with van der Waals surface area (Å²) in [4.78, 5) is 0. The second kappa shape index (κ2) is 6.61. The average molecular weight is 347 g/mol. The number of benzene rings is 2. The van der Waals surface area contributed by atoms with E-state index >= 15 is 0 Å². The summed E-state index contributed by atoms with van der Waals surface area (Å²) in [6.07, 6.45) is 0. The van der Waals surface area contributed by atoms with Crippen molar-refractivity contribution in [1.29, 1.82) is 5.26 Å². The smallest absolute Gasteiger partial charge is 0.169 e. The normalized spacial score (nSPS) is 11.6. The van der Waals surface area contributed by atoms with Gasteiger partial charge in [0.15, 0.2) is 11.5 Å². The quantitative estimate of drug-likeness (QED) is 0.902. The van der Waals surface area contributed by atoms with Crippen molar-refractivity contribution < 1.29 is 9.47 Å². The van der Waals surface area contributed by atoms with E-state index < -0.39 is 0 Å². The molecule has 108 valence electrons. The van der Waals surface area contributed by atoms with Gasteiger partial charge in [-0.3, -0.25) is 0 Å². The summed E-state index contributed by atoms with van der Waals surface area (Å²) < 4.78 is 12.1. The Kier molecular flexibility index (Phi) is 4.84. The van der Waals surface area contributed by atoms with Gasteiger partial charge in [-0.2, -0.15) is 5.26 Å². The molecule has 0 radical (unpaired) electrons. The number of nitrogens with zero attached hydrogens (tertiary/aromatic N) is 1. The number of nitriles is 1. The van der Waals surface area contributed by atoms with Gasteiger partial charge in [-0.25, -0.2) is 0 Å². The van der Waals surface area contributed by atoms with E-state index in [1.165, 1.54) is 7.11 Å². The molecule has 0 aliphatic rings. The van der Waals surface area contributed by atoms with E-state index in [4.69, 9.17) is 20.5 Å². The van der Waals surface area contributed by atoms with E-state index in [1.54, 1.807) is 18.2 Å². The summed E-state index contributed by atoms with van der Waals surface area (Å²) >= 11 is 3.43. The minimum absolute atomic E-state index is 0.165. The first-order valence-corrected chi connectivity index (χ1v) is 7.15. The Balaban J connectivity index is 2.41. The zero-order chi connectivity index (χ0) is 15.4. The Labute approximate surface area is 132 Å². The number of ether oxygens (including phenoxy) is 2. The third kappa shape index (κ3) is 3.54. The van der Waals surface area contributed by atoms with E-state index in [1.807, 2.05) is 25.1 Å². The standard InChI is InChI=1S/C16H15BrN2O2/c1-10(19)13-8-12(17)4-6-14(13)21-15-5-3-11(9-18)7-16(15)20-2/h3-8,10H,19H2,1-2H3. The van der Waals surface area contributed by atoms with E-state index in [0.717, 1.165) is 10.0 Å². The first-order valence-electron chi connectivity index (χ1n) is 6.36. The van der Waals surface area contributed by atoms with Crippen molar-refractivity contribution in [2.45, 2.75) is 13.0 Å². The molecule has 0 saturated heterocycles. The molecule has 0 aliphatic carbocycles. The average Bonchev–Trinajstić information content (AvgIpc) is 2.49. The van der Waals surface area contributed by atoms with Gasteiger partial charge in [-0.05, 0) is 37.3 Å². The highest BCUT2D eigenvalue weighted by Crippen LogP contribution is 2.36. The topological polar surface area (TPSA) is 68.3 Å². The zero-order valence-corrected chi connectivity index (χ0v) is 13.3. The highest BCUT2D eigenvalue weighted by atomic mass is 79.9. The van der Waals surface area contributed by atoms with Crippen LogP contribution in [-0.4, -0.2) is 7.11 Å². The van der Waals surface area contributed by atoms with E-state index in [-0.39, 0.29) is 6.04 Å². The second-order valence-corrected chi connectivity index (χ2v) is 5.47. The lowest BCUT2D eigenvalue weighted by molar-refractivity contribution is 0.377. The lowest BCUT2D eigenvalue weighted by Gasteiger charge is -2.16. The van der Waals surface area contributed by atoms with Crippen molar-refractivity contribution in [2.75, 3.05) is 7.11 Å². The van der Waals surface area contributed by atoms with Gasteiger partial charge >= 0.3 is 0 Å². The van der Waals surface area contributed by atoms with Crippen LogP contribution in [0.2, 0.25) is 0 Å². The van der Waals surface area contributed by atoms with Crippen molar-refractivity contribution in [3.8, 4) is 23.3 Å². The molecule has 5 heteroatoms. The van der Waals surface area contributed by atoms with Crippen LogP contribution in [0.25, 0.3) is 0 Å². The summed E-state index contributed by atoms with van der Waals surface area (Å²) in [5.41, 5.74) is 7.38. The molecule has 0 bridgehead atoms. The van der Waals surface area contributed by atoms with Crippen molar-refractivity contribution in [1.82, 2.24) is 0 Å². The Bertz CT molecular complexity index is 693. The number of methoxy groups -OCH3 is 1. The molecule has 2 rings (SSSR count). The van der Waals surface area contributed by atoms with Crippen LogP contribution in [0.4, 0.5) is 0 Å². The van der Waals surface area contributed by atoms with Crippen LogP contribution < -0.4 is 15.2 Å². The molecule has 1 unspecified atom stereocenters. The molecule has 0 spiro atoms. The van der Waals surface area contributed by atoms with Gasteiger partial charge in [-0.15, -0.1) is 0 Å². The van der Waals surface area contributed by atoms with Crippen LogP contribution >= 0.6 is 15.9 Å². The lowest BCUT2D eigenvalue weighted by Crippen LogP contribution is -2.07. The Hall–Kier alpha value is -2.03. The van der Waals surface area contributed by atoms with Crippen LogP contribution in [0.5, 0.6) is 17.2 Å². The number of nitrogens with two attached hydrogens (primary N) is 1. The number of hydrogen-bond acceptors (Lipinski definition) is 4. The third-order valence-electron chi connectivity index (χ3n) is 2.98. The van der Waals surface area contributed by atoms with Gasteiger partial charge in [0.1, 0.15) is 5.75 Å². The highest BCUT2D eigenvalue weighted by Gasteiger charge is 2.13. The fourth-order valence-electron chi connectivity index (χ4n) is 1.91. The Morgan fingerprint density at radius 1 is 1.14 bits per heavy atom. The maximum absolute atomic E-state index is 8.92. The van der Waals surface area contributed by atoms with Gasteiger partial charge in [0.25, 0.3) is 0 Å². The summed E-state index contributed by atoms with van der Waals surface area (Å²) in [7, 11) is 1.54. The van der Waals surface area contributed by atoms with Gasteiger partial charge in [-0.1, -0.05) is 15.9 Å². The largest absolute Gasteiger partial charge is 0.493 e. The van der Waals surface area contributed by atoms with Crippen LogP contribution in [0.1, 0.15) is 24.1 Å². The SMILES string of the molecule is COc1cc(C#N)ccc1Oc1ccc(Br)cc1C(C)N. The molecule has 2 aromatic rings. The van der Waals surface area contributed by atoms with E-state index in [9.17, 15) is 0 Å². The van der Waals surface area contributed by atoms with Crippen LogP contribution in [0.15, 0.2) is 40.9 Å². The highest BCUT2D eigenvalue weighted by molar-refractivity contribution is 9.10. The minimum atomic E-state index is -0.165. The number of rotatable bonds is 4. The van der Waals surface area contributed by atoms with Crippen molar-refractivity contribution in [3.05, 3.63) is 52.0 Å². The zero-order valence-electron chi connectivity index (χ0n) is 11.8. The van der Waals surface area contributed by atoms with Crippen molar-refractivity contribution >= 4 is 15.9 Å². The maximum Gasteiger partial charge on any atom is 0.169 e. The molecule has 0 amide bonds. The first kappa shape index (κ1) is 15.4. The van der Waals surface area contributed by atoms with Crippen LogP contribution in [0.3, 0.4) is 0 Å². The molecule has 0 saturated carbocycles. The molecule has 4 nitrogen and oxygen atoms in total.